The Balaban J connectivity index is 2.27. The first-order valence-corrected chi connectivity index (χ1v) is 7.52. The van der Waals surface area contributed by atoms with Crippen molar-refractivity contribution in [2.75, 3.05) is 5.32 Å². The average molecular weight is 334 g/mol. The number of carbonyl (C=O) groups excluding carboxylic acids is 1. The molecular formula is C11H10ClFN3O4P. The zero-order valence-corrected chi connectivity index (χ0v) is 12.3. The number of aromatic nitrogens is 2. The first-order chi connectivity index (χ1) is 9.68. The Hall–Kier alpha value is -1.73. The van der Waals surface area contributed by atoms with Crippen LogP contribution in [-0.2, 0) is 4.57 Å². The molecule has 1 aromatic carbocycles. The fourth-order valence-corrected chi connectivity index (χ4v) is 2.51. The largest absolute Gasteiger partial charge is 0.451 e. The molecule has 0 bridgehead atoms. The number of amides is 1. The molecule has 1 amide bonds. The molecule has 10 heteroatoms. The first-order valence-electron chi connectivity index (χ1n) is 5.58. The molecule has 7 nitrogen and oxygen atoms in total. The van der Waals surface area contributed by atoms with Crippen LogP contribution in [0.1, 0.15) is 16.1 Å². The minimum atomic E-state index is -4.75. The maximum atomic E-state index is 13.6. The smallest absolute Gasteiger partial charge is 0.318 e. The highest BCUT2D eigenvalue weighted by Crippen LogP contribution is 2.39. The van der Waals surface area contributed by atoms with E-state index in [2.05, 4.69) is 10.4 Å². The second-order valence-electron chi connectivity index (χ2n) is 4.19. The van der Waals surface area contributed by atoms with Gasteiger partial charge in [-0.05, 0) is 24.6 Å². The van der Waals surface area contributed by atoms with Gasteiger partial charge in [0, 0.05) is 6.07 Å². The van der Waals surface area contributed by atoms with E-state index in [9.17, 15) is 13.8 Å². The summed E-state index contributed by atoms with van der Waals surface area (Å²) in [5, 5.41) is 5.25. The monoisotopic (exact) mass is 333 g/mol. The van der Waals surface area contributed by atoms with E-state index in [0.717, 1.165) is 6.07 Å². The number of rotatable bonds is 3. The molecule has 0 radical (unpaired) electrons. The van der Waals surface area contributed by atoms with Crippen molar-refractivity contribution in [1.82, 2.24) is 9.55 Å². The Kier molecular flexibility index (Phi) is 4.15. The van der Waals surface area contributed by atoms with Crippen LogP contribution in [0.2, 0.25) is 5.15 Å². The van der Waals surface area contributed by atoms with E-state index in [4.69, 9.17) is 21.4 Å². The van der Waals surface area contributed by atoms with E-state index in [1.54, 1.807) is 13.0 Å². The fraction of sp³-hybridized carbons (Fsp3) is 0.0909. The van der Waals surface area contributed by atoms with Crippen LogP contribution < -0.4 is 5.32 Å². The van der Waals surface area contributed by atoms with Gasteiger partial charge in [-0.25, -0.2) is 8.96 Å². The number of aryl methyl sites for hydroxylation is 1. The summed E-state index contributed by atoms with van der Waals surface area (Å²) < 4.78 is 24.9. The number of benzene rings is 1. The van der Waals surface area contributed by atoms with Crippen LogP contribution >= 0.6 is 19.3 Å². The fourth-order valence-electron chi connectivity index (χ4n) is 1.55. The summed E-state index contributed by atoms with van der Waals surface area (Å²) in [6.45, 7) is 1.69. The van der Waals surface area contributed by atoms with Crippen LogP contribution in [0.5, 0.6) is 0 Å². The Labute approximate surface area is 123 Å². The minimum absolute atomic E-state index is 0.0764. The lowest BCUT2D eigenvalue weighted by Gasteiger charge is -2.05. The van der Waals surface area contributed by atoms with Crippen LogP contribution in [0.25, 0.3) is 0 Å². The molecule has 0 spiro atoms. The van der Waals surface area contributed by atoms with Gasteiger partial charge in [0.05, 0.1) is 5.69 Å². The van der Waals surface area contributed by atoms with Crippen LogP contribution in [-0.4, -0.2) is 25.2 Å². The predicted molar refractivity (Wildman–Crippen MR) is 73.8 cm³/mol. The number of halogens is 2. The summed E-state index contributed by atoms with van der Waals surface area (Å²) in [7, 11) is -4.75. The zero-order chi connectivity index (χ0) is 15.8. The Morgan fingerprint density at radius 1 is 1.43 bits per heavy atom. The van der Waals surface area contributed by atoms with E-state index in [1.807, 2.05) is 0 Å². The lowest BCUT2D eigenvalue weighted by atomic mass is 10.2. The first kappa shape index (κ1) is 15.7. The number of nitrogens with one attached hydrogen (secondary N) is 1. The Bertz CT molecular complexity index is 758. The zero-order valence-electron chi connectivity index (χ0n) is 10.6. The molecule has 0 aliphatic carbocycles. The molecule has 1 heterocycles. The quantitative estimate of drug-likeness (QED) is 0.747. The summed E-state index contributed by atoms with van der Waals surface area (Å²) in [6.07, 6.45) is 0. The molecule has 21 heavy (non-hydrogen) atoms. The SMILES string of the molecule is Cc1ccc(NC(=O)c2cc(Cl)n(P(=O)(O)O)n2)c(F)c1. The molecule has 0 saturated heterocycles. The number of hydrogen-bond donors (Lipinski definition) is 3. The predicted octanol–water partition coefficient (Wildman–Crippen LogP) is 2.18. The minimum Gasteiger partial charge on any atom is -0.318 e. The number of nitrogens with zero attached hydrogens (tertiary/aromatic N) is 2. The van der Waals surface area contributed by atoms with Crippen LogP contribution in [0.3, 0.4) is 0 Å². The molecule has 112 valence electrons. The molecule has 0 aliphatic heterocycles. The topological polar surface area (TPSA) is 104 Å². The van der Waals surface area contributed by atoms with Crippen molar-refractivity contribution in [3.05, 3.63) is 46.5 Å². The van der Waals surface area contributed by atoms with Crippen molar-refractivity contribution in [2.45, 2.75) is 6.92 Å². The van der Waals surface area contributed by atoms with Crippen molar-refractivity contribution < 1.29 is 23.5 Å². The highest BCUT2D eigenvalue weighted by Gasteiger charge is 2.24. The normalized spacial score (nSPS) is 11.5. The van der Waals surface area contributed by atoms with Crippen molar-refractivity contribution >= 4 is 30.9 Å². The Morgan fingerprint density at radius 3 is 2.62 bits per heavy atom. The standard InChI is InChI=1S/C11H10ClFN3O4P/c1-6-2-3-8(7(13)4-6)14-11(17)9-5-10(12)16(15-9)21(18,19)20/h2-5H,1H3,(H,14,17)(H2,18,19,20). The van der Waals surface area contributed by atoms with Gasteiger partial charge in [-0.15, -0.1) is 0 Å². The third kappa shape index (κ3) is 3.48. The molecule has 0 aliphatic rings. The maximum absolute atomic E-state index is 13.6. The van der Waals surface area contributed by atoms with Gasteiger partial charge in [0.15, 0.2) is 5.69 Å². The Morgan fingerprint density at radius 2 is 2.10 bits per heavy atom. The summed E-state index contributed by atoms with van der Waals surface area (Å²) in [6, 6.07) is 5.17. The van der Waals surface area contributed by atoms with Crippen molar-refractivity contribution in [1.29, 1.82) is 0 Å². The third-order valence-electron chi connectivity index (χ3n) is 2.50. The lowest BCUT2D eigenvalue weighted by molar-refractivity contribution is 0.102. The van der Waals surface area contributed by atoms with E-state index < -0.39 is 24.6 Å². The van der Waals surface area contributed by atoms with E-state index >= 15 is 0 Å². The van der Waals surface area contributed by atoms with Gasteiger partial charge < -0.3 is 15.1 Å². The molecule has 1 aromatic heterocycles. The molecule has 0 saturated carbocycles. The van der Waals surface area contributed by atoms with Crippen molar-refractivity contribution in [2.24, 2.45) is 0 Å². The molecule has 0 atom stereocenters. The average Bonchev–Trinajstić information content (AvgIpc) is 2.75. The molecule has 0 unspecified atom stereocenters. The summed E-state index contributed by atoms with van der Waals surface area (Å²) in [5.74, 6) is -1.48. The highest BCUT2D eigenvalue weighted by atomic mass is 35.5. The van der Waals surface area contributed by atoms with E-state index in [0.29, 0.717) is 5.56 Å². The van der Waals surface area contributed by atoms with Gasteiger partial charge in [0.2, 0.25) is 0 Å². The molecule has 2 aromatic rings. The third-order valence-corrected chi connectivity index (χ3v) is 3.69. The van der Waals surface area contributed by atoms with Gasteiger partial charge in [0.1, 0.15) is 11.0 Å². The number of hydrogen-bond acceptors (Lipinski definition) is 3. The molecule has 3 N–H and O–H groups in total. The molecule has 2 rings (SSSR count). The van der Waals surface area contributed by atoms with Crippen LogP contribution in [0.15, 0.2) is 24.3 Å². The van der Waals surface area contributed by atoms with Gasteiger partial charge >= 0.3 is 7.75 Å². The summed E-state index contributed by atoms with van der Waals surface area (Å²) in [4.78, 5) is 29.8. The second-order valence-corrected chi connectivity index (χ2v) is 5.99. The van der Waals surface area contributed by atoms with Crippen LogP contribution in [0.4, 0.5) is 10.1 Å². The van der Waals surface area contributed by atoms with E-state index in [1.165, 1.54) is 12.1 Å². The summed E-state index contributed by atoms with van der Waals surface area (Å²) in [5.41, 5.74) is 0.259. The van der Waals surface area contributed by atoms with Crippen molar-refractivity contribution in [3.8, 4) is 0 Å². The maximum Gasteiger partial charge on any atom is 0.451 e. The highest BCUT2D eigenvalue weighted by molar-refractivity contribution is 7.50. The van der Waals surface area contributed by atoms with Gasteiger partial charge in [-0.3, -0.25) is 4.79 Å². The van der Waals surface area contributed by atoms with Gasteiger partial charge in [0.25, 0.3) is 5.91 Å². The lowest BCUT2D eigenvalue weighted by Crippen LogP contribution is -2.14. The molecular weight excluding hydrogens is 324 g/mol. The van der Waals surface area contributed by atoms with Gasteiger partial charge in [-0.1, -0.05) is 17.7 Å². The van der Waals surface area contributed by atoms with E-state index in [-0.39, 0.29) is 15.8 Å². The van der Waals surface area contributed by atoms with Gasteiger partial charge in [-0.2, -0.15) is 9.55 Å². The summed E-state index contributed by atoms with van der Waals surface area (Å²) >= 11 is 5.58. The van der Waals surface area contributed by atoms with Crippen LogP contribution in [0, 0.1) is 12.7 Å². The number of carbonyl (C=O) groups is 1. The second kappa shape index (κ2) is 5.57. The molecule has 0 fully saturated rings. The van der Waals surface area contributed by atoms with Crippen molar-refractivity contribution in [3.63, 3.8) is 0 Å². The number of anilines is 1.